The summed E-state index contributed by atoms with van der Waals surface area (Å²) in [6, 6.07) is 0.992. The van der Waals surface area contributed by atoms with Gasteiger partial charge in [-0.1, -0.05) is 29.8 Å². The number of cyclic esters (lactones) is 1. The molecular weight excluding hydrogens is 539 g/mol. The normalized spacial score (nSPS) is 18.6. The van der Waals surface area contributed by atoms with Crippen molar-refractivity contribution in [1.82, 2.24) is 10.4 Å². The maximum atomic E-state index is 13.1. The third-order valence-electron chi connectivity index (χ3n) is 5.71. The highest BCUT2D eigenvalue weighted by molar-refractivity contribution is 7.51. The Morgan fingerprint density at radius 1 is 1.13 bits per heavy atom. The molecule has 208 valence electrons. The molecule has 2 aliphatic heterocycles. The second-order valence-corrected chi connectivity index (χ2v) is 10.7. The molecule has 0 atom stereocenters. The van der Waals surface area contributed by atoms with E-state index < -0.39 is 25.7 Å². The first-order valence-corrected chi connectivity index (χ1v) is 14.4. The number of nitrogens with zero attached hydrogens (tertiary/aromatic N) is 1. The number of hydroxylamine groups is 1. The van der Waals surface area contributed by atoms with Crippen molar-refractivity contribution in [1.29, 1.82) is 0 Å². The summed E-state index contributed by atoms with van der Waals surface area (Å²) >= 11 is 6.37. The van der Waals surface area contributed by atoms with Gasteiger partial charge in [-0.25, -0.2) is 4.79 Å². The molecule has 38 heavy (non-hydrogen) atoms. The quantitative estimate of drug-likeness (QED) is 0.164. The van der Waals surface area contributed by atoms with Crippen molar-refractivity contribution >= 4 is 37.1 Å². The molecule has 1 fully saturated rings. The van der Waals surface area contributed by atoms with Crippen molar-refractivity contribution in [2.24, 2.45) is 0 Å². The Kier molecular flexibility index (Phi) is 11.2. The van der Waals surface area contributed by atoms with Gasteiger partial charge in [-0.3, -0.25) is 19.7 Å². The summed E-state index contributed by atoms with van der Waals surface area (Å²) in [5.41, 5.74) is 2.73. The molecule has 3 rings (SSSR count). The molecule has 0 aliphatic carbocycles. The topological polar surface area (TPSA) is 155 Å². The molecule has 0 saturated carbocycles. The standard InChI is InChI=1S/C25H32ClN2O9P/c26-24-19-14-18(27-37-16-22(30)28-11-7-5-8-12-28)10-6-3-1-2-4-9-13-35-25(31)23(19)21(15-20(24)29)36-17-38(32,33)34/h2,4,6,10,14-15,27,29H,1,3,5,7-9,11-13,16-17H2,(H2,32,33,34)/b4-2?,10-6?,18-14-. The van der Waals surface area contributed by atoms with Crippen LogP contribution in [0.15, 0.2) is 36.1 Å². The molecule has 0 spiro atoms. The Bertz CT molecular complexity index is 1140. The van der Waals surface area contributed by atoms with Gasteiger partial charge in [0.2, 0.25) is 0 Å². The van der Waals surface area contributed by atoms with Gasteiger partial charge in [0.05, 0.1) is 17.3 Å². The van der Waals surface area contributed by atoms with Crippen molar-refractivity contribution in [3.8, 4) is 11.5 Å². The molecular formula is C25H32ClN2O9P. The summed E-state index contributed by atoms with van der Waals surface area (Å²) in [6.45, 7) is 1.17. The van der Waals surface area contributed by atoms with E-state index in [1.165, 1.54) is 6.08 Å². The molecule has 1 aromatic carbocycles. The highest BCUT2D eigenvalue weighted by Crippen LogP contribution is 2.41. The molecule has 0 aromatic heterocycles. The van der Waals surface area contributed by atoms with Crippen LogP contribution in [0.25, 0.3) is 6.08 Å². The van der Waals surface area contributed by atoms with Crippen LogP contribution >= 0.6 is 19.2 Å². The SMILES string of the molecule is O=C1OCCC=CCCC=C/C(NOCC(=O)N2CCCCC2)=C/c2c(Cl)c(O)cc(OCP(=O)(O)O)c21. The molecule has 4 N–H and O–H groups in total. The zero-order chi connectivity index (χ0) is 27.5. The van der Waals surface area contributed by atoms with Crippen molar-refractivity contribution < 1.29 is 43.4 Å². The molecule has 1 amide bonds. The highest BCUT2D eigenvalue weighted by Gasteiger charge is 2.26. The fraction of sp³-hybridized carbons (Fsp3) is 0.440. The van der Waals surface area contributed by atoms with Gasteiger partial charge >= 0.3 is 13.6 Å². The number of likely N-dealkylation sites (tertiary alicyclic amines) is 1. The van der Waals surface area contributed by atoms with Crippen LogP contribution in [0.3, 0.4) is 0 Å². The molecule has 0 unspecified atom stereocenters. The van der Waals surface area contributed by atoms with Crippen molar-refractivity contribution in [2.45, 2.75) is 38.5 Å². The lowest BCUT2D eigenvalue weighted by Crippen LogP contribution is -2.39. The number of phenolic OH excluding ortho intramolecular Hbond substituents is 1. The lowest BCUT2D eigenvalue weighted by atomic mass is 10.0. The van der Waals surface area contributed by atoms with Gasteiger partial charge in [0.25, 0.3) is 5.91 Å². The zero-order valence-electron chi connectivity index (χ0n) is 20.8. The molecule has 1 aromatic rings. The maximum absolute atomic E-state index is 13.1. The molecule has 2 heterocycles. The van der Waals surface area contributed by atoms with Crippen molar-refractivity contribution in [3.63, 3.8) is 0 Å². The average Bonchev–Trinajstić information content (AvgIpc) is 2.88. The molecule has 13 heteroatoms. The largest absolute Gasteiger partial charge is 0.506 e. The summed E-state index contributed by atoms with van der Waals surface area (Å²) < 4.78 is 22.0. The number of carbonyl (C=O) groups is 2. The van der Waals surface area contributed by atoms with Crippen LogP contribution in [0.5, 0.6) is 11.5 Å². The fourth-order valence-corrected chi connectivity index (χ4v) is 4.38. The third kappa shape index (κ3) is 9.18. The number of ether oxygens (including phenoxy) is 2. The first-order chi connectivity index (χ1) is 18.2. The lowest BCUT2D eigenvalue weighted by molar-refractivity contribution is -0.139. The highest BCUT2D eigenvalue weighted by atomic mass is 35.5. The van der Waals surface area contributed by atoms with Crippen LogP contribution in [0.2, 0.25) is 5.02 Å². The number of amides is 1. The minimum absolute atomic E-state index is 0.0249. The van der Waals surface area contributed by atoms with Crippen LogP contribution in [-0.4, -0.2) is 64.3 Å². The van der Waals surface area contributed by atoms with E-state index in [0.717, 1.165) is 31.7 Å². The number of nitrogens with one attached hydrogen (secondary N) is 1. The Morgan fingerprint density at radius 2 is 1.84 bits per heavy atom. The second-order valence-electron chi connectivity index (χ2n) is 8.74. The van der Waals surface area contributed by atoms with E-state index in [4.69, 9.17) is 25.9 Å². The first kappa shape index (κ1) is 29.7. The number of hydrogen-bond acceptors (Lipinski definition) is 8. The number of esters is 1. The van der Waals surface area contributed by atoms with Crippen LogP contribution in [0.1, 0.15) is 54.4 Å². The predicted molar refractivity (Wildman–Crippen MR) is 141 cm³/mol. The van der Waals surface area contributed by atoms with Crippen LogP contribution in [-0.2, 0) is 18.9 Å². The predicted octanol–water partition coefficient (Wildman–Crippen LogP) is 3.89. The van der Waals surface area contributed by atoms with E-state index in [2.05, 4.69) is 5.48 Å². The fourth-order valence-electron chi connectivity index (χ4n) is 3.87. The summed E-state index contributed by atoms with van der Waals surface area (Å²) in [5, 5.41) is 10.2. The molecule has 0 radical (unpaired) electrons. The van der Waals surface area contributed by atoms with Gasteiger partial charge in [-0.15, -0.1) is 0 Å². The van der Waals surface area contributed by atoms with E-state index in [1.54, 1.807) is 11.0 Å². The first-order valence-electron chi connectivity index (χ1n) is 12.2. The Morgan fingerprint density at radius 3 is 2.58 bits per heavy atom. The Hall–Kier alpha value is -2.82. The number of aromatic hydroxyl groups is 1. The number of allylic oxidation sites excluding steroid dienone is 3. The number of phenols is 1. The molecule has 11 nitrogen and oxygen atoms in total. The van der Waals surface area contributed by atoms with E-state index >= 15 is 0 Å². The van der Waals surface area contributed by atoms with Crippen LogP contribution in [0, 0.1) is 0 Å². The number of hydrogen-bond donors (Lipinski definition) is 4. The summed E-state index contributed by atoms with van der Waals surface area (Å²) in [4.78, 5) is 51.2. The van der Waals surface area contributed by atoms with E-state index in [9.17, 15) is 29.0 Å². The van der Waals surface area contributed by atoms with Crippen molar-refractivity contribution in [3.05, 3.63) is 52.2 Å². The number of fused-ring (bicyclic) bond motifs is 1. The Balaban J connectivity index is 1.96. The molecule has 0 bridgehead atoms. The van der Waals surface area contributed by atoms with Crippen molar-refractivity contribution in [2.75, 3.05) is 32.7 Å². The minimum Gasteiger partial charge on any atom is -0.506 e. The second kappa shape index (κ2) is 14.4. The maximum Gasteiger partial charge on any atom is 0.362 e. The number of benzene rings is 1. The summed E-state index contributed by atoms with van der Waals surface area (Å²) in [5.74, 6) is -1.84. The number of piperidine rings is 1. The van der Waals surface area contributed by atoms with Gasteiger partial charge in [0.1, 0.15) is 17.1 Å². The third-order valence-corrected chi connectivity index (χ3v) is 6.58. The van der Waals surface area contributed by atoms with Crippen LogP contribution < -0.4 is 10.2 Å². The summed E-state index contributed by atoms with van der Waals surface area (Å²) in [7, 11) is -4.61. The molecule has 1 saturated heterocycles. The van der Waals surface area contributed by atoms with E-state index in [1.807, 2.05) is 18.2 Å². The smallest absolute Gasteiger partial charge is 0.362 e. The van der Waals surface area contributed by atoms with E-state index in [-0.39, 0.29) is 41.0 Å². The van der Waals surface area contributed by atoms with E-state index in [0.29, 0.717) is 31.6 Å². The van der Waals surface area contributed by atoms with Gasteiger partial charge in [0.15, 0.2) is 13.0 Å². The number of halogens is 1. The van der Waals surface area contributed by atoms with Gasteiger partial charge in [-0.05, 0) is 50.7 Å². The number of carbonyl (C=O) groups excluding carboxylic acids is 2. The van der Waals surface area contributed by atoms with Gasteiger partial charge in [0, 0.05) is 24.7 Å². The van der Waals surface area contributed by atoms with Crippen LogP contribution in [0.4, 0.5) is 0 Å². The van der Waals surface area contributed by atoms with Gasteiger partial charge in [-0.2, -0.15) is 0 Å². The monoisotopic (exact) mass is 570 g/mol. The lowest BCUT2D eigenvalue weighted by Gasteiger charge is -2.26. The molecule has 2 aliphatic rings. The Labute approximate surface area is 225 Å². The number of rotatable bonds is 7. The van der Waals surface area contributed by atoms with Gasteiger partial charge < -0.3 is 29.3 Å². The average molecular weight is 571 g/mol. The zero-order valence-corrected chi connectivity index (χ0v) is 22.5. The summed E-state index contributed by atoms with van der Waals surface area (Å²) in [6.07, 6.45) is 12.6. The minimum atomic E-state index is -4.61.